The van der Waals surface area contributed by atoms with E-state index in [-0.39, 0.29) is 5.56 Å². The Morgan fingerprint density at radius 3 is 3.00 bits per heavy atom. The van der Waals surface area contributed by atoms with Crippen LogP contribution in [0.15, 0.2) is 23.3 Å². The van der Waals surface area contributed by atoms with Crippen molar-refractivity contribution in [3.63, 3.8) is 0 Å². The van der Waals surface area contributed by atoms with Crippen molar-refractivity contribution in [3.05, 3.63) is 45.6 Å². The van der Waals surface area contributed by atoms with Crippen molar-refractivity contribution in [2.45, 2.75) is 19.4 Å². The third-order valence-electron chi connectivity index (χ3n) is 2.59. The number of aryl methyl sites for hydroxylation is 1. The minimum atomic E-state index is -0.883. The number of nitrogens with zero attached hydrogens (tertiary/aromatic N) is 3. The van der Waals surface area contributed by atoms with Crippen molar-refractivity contribution in [1.29, 1.82) is 0 Å². The molecule has 1 aromatic carbocycles. The zero-order valence-corrected chi connectivity index (χ0v) is 10.6. The van der Waals surface area contributed by atoms with Crippen molar-refractivity contribution < 1.29 is 9.18 Å². The molecule has 7 heteroatoms. The van der Waals surface area contributed by atoms with E-state index >= 15 is 0 Å². The van der Waals surface area contributed by atoms with Gasteiger partial charge in [0.05, 0.1) is 0 Å². The first-order valence-electron chi connectivity index (χ1n) is 5.86. The largest absolute Gasteiger partial charge is 0.368 e. The van der Waals surface area contributed by atoms with E-state index in [0.717, 1.165) is 5.56 Å². The van der Waals surface area contributed by atoms with Gasteiger partial charge < -0.3 is 11.1 Å². The number of benzene rings is 1. The zero-order valence-electron chi connectivity index (χ0n) is 10.6. The number of hydrogen-bond acceptors (Lipinski definition) is 3. The molecule has 1 amide bonds. The zero-order chi connectivity index (χ0) is 14.3. The number of nitrogens with one attached hydrogen (secondary N) is 1. The first-order valence-corrected chi connectivity index (χ1v) is 5.86. The Labute approximate surface area is 110 Å². The van der Waals surface area contributed by atoms with Crippen molar-refractivity contribution >= 4 is 5.91 Å². The number of carbonyl (C=O) groups is 1. The van der Waals surface area contributed by atoms with Crippen LogP contribution in [0.2, 0.25) is 0 Å². The molecule has 1 unspecified atom stereocenters. The number of carbonyl (C=O) groups excluding carboxylic acids is 1. The Bertz CT molecular complexity index is 499. The predicted molar refractivity (Wildman–Crippen MR) is 69.7 cm³/mol. The van der Waals surface area contributed by atoms with E-state index in [0.29, 0.717) is 19.5 Å². The minimum absolute atomic E-state index is 0.233. The average molecular weight is 265 g/mol. The maximum atomic E-state index is 13.7. The van der Waals surface area contributed by atoms with E-state index in [1.165, 1.54) is 6.07 Å². The lowest BCUT2D eigenvalue weighted by Gasteiger charge is -2.16. The second-order valence-corrected chi connectivity index (χ2v) is 4.12. The van der Waals surface area contributed by atoms with Gasteiger partial charge in [-0.05, 0) is 31.5 Å². The van der Waals surface area contributed by atoms with E-state index in [1.807, 2.05) is 6.92 Å². The van der Waals surface area contributed by atoms with E-state index in [9.17, 15) is 9.18 Å². The van der Waals surface area contributed by atoms with Gasteiger partial charge in [0.25, 0.3) is 0 Å². The molecule has 0 heterocycles. The summed E-state index contributed by atoms with van der Waals surface area (Å²) in [4.78, 5) is 14.0. The van der Waals surface area contributed by atoms with Crippen LogP contribution in [0.5, 0.6) is 0 Å². The highest BCUT2D eigenvalue weighted by molar-refractivity contribution is 5.81. The number of halogens is 1. The Balaban J connectivity index is 2.74. The molecular weight excluding hydrogens is 249 g/mol. The standard InChI is InChI=1S/C12H16FN5O/c1-8-3-4-10(13)9(7-8)11(12(14)19)16-5-2-6-17-18-15/h3-4,7,11,16H,2,5-6H2,1H3,(H2,14,19). The highest BCUT2D eigenvalue weighted by Gasteiger charge is 2.20. The van der Waals surface area contributed by atoms with Gasteiger partial charge in [-0.1, -0.05) is 22.8 Å². The van der Waals surface area contributed by atoms with Crippen LogP contribution in [-0.4, -0.2) is 19.0 Å². The fourth-order valence-electron chi connectivity index (χ4n) is 1.69. The molecule has 0 radical (unpaired) electrons. The molecule has 1 atom stereocenters. The van der Waals surface area contributed by atoms with Crippen molar-refractivity contribution in [2.75, 3.05) is 13.1 Å². The Hall–Kier alpha value is -2.11. The van der Waals surface area contributed by atoms with E-state index in [2.05, 4.69) is 15.3 Å². The normalized spacial score (nSPS) is 11.7. The predicted octanol–water partition coefficient (Wildman–Crippen LogP) is 1.95. The summed E-state index contributed by atoms with van der Waals surface area (Å²) in [5, 5.41) is 6.23. The molecule has 0 saturated carbocycles. The molecule has 0 aliphatic heterocycles. The molecule has 19 heavy (non-hydrogen) atoms. The lowest BCUT2D eigenvalue weighted by molar-refractivity contribution is -0.120. The number of hydrogen-bond donors (Lipinski definition) is 2. The third kappa shape index (κ3) is 4.57. The summed E-state index contributed by atoms with van der Waals surface area (Å²) < 4.78 is 13.7. The average Bonchev–Trinajstić information content (AvgIpc) is 2.37. The molecule has 0 aliphatic carbocycles. The summed E-state index contributed by atoms with van der Waals surface area (Å²) in [6.45, 7) is 2.52. The second kappa shape index (κ2) is 7.35. The summed E-state index contributed by atoms with van der Waals surface area (Å²) in [6, 6.07) is 3.64. The SMILES string of the molecule is Cc1ccc(F)c(C(NCCCN=[N+]=[N-])C(N)=O)c1. The number of nitrogens with two attached hydrogens (primary N) is 1. The summed E-state index contributed by atoms with van der Waals surface area (Å²) in [5.41, 5.74) is 14.5. The van der Waals surface area contributed by atoms with Crippen molar-refractivity contribution in [2.24, 2.45) is 10.8 Å². The van der Waals surface area contributed by atoms with Crippen LogP contribution in [-0.2, 0) is 4.79 Å². The number of azide groups is 1. The fourth-order valence-corrected chi connectivity index (χ4v) is 1.69. The van der Waals surface area contributed by atoms with E-state index < -0.39 is 17.8 Å². The summed E-state index contributed by atoms with van der Waals surface area (Å²) >= 11 is 0. The molecular formula is C12H16FN5O. The molecule has 1 aromatic rings. The lowest BCUT2D eigenvalue weighted by Crippen LogP contribution is -2.35. The molecule has 3 N–H and O–H groups in total. The van der Waals surface area contributed by atoms with Crippen molar-refractivity contribution in [3.8, 4) is 0 Å². The maximum Gasteiger partial charge on any atom is 0.239 e. The second-order valence-electron chi connectivity index (χ2n) is 4.12. The van der Waals surface area contributed by atoms with Crippen LogP contribution >= 0.6 is 0 Å². The third-order valence-corrected chi connectivity index (χ3v) is 2.59. The summed E-state index contributed by atoms with van der Waals surface area (Å²) in [5.74, 6) is -1.12. The topological polar surface area (TPSA) is 104 Å². The van der Waals surface area contributed by atoms with Crippen LogP contribution < -0.4 is 11.1 Å². The fraction of sp³-hybridized carbons (Fsp3) is 0.417. The van der Waals surface area contributed by atoms with Gasteiger partial charge in [-0.3, -0.25) is 4.79 Å². The van der Waals surface area contributed by atoms with Crippen LogP contribution in [0.1, 0.15) is 23.6 Å². The Morgan fingerprint density at radius 2 is 2.37 bits per heavy atom. The molecule has 0 aromatic heterocycles. The van der Waals surface area contributed by atoms with E-state index in [4.69, 9.17) is 11.3 Å². The first-order chi connectivity index (χ1) is 9.06. The van der Waals surface area contributed by atoms with Crippen LogP contribution in [0.3, 0.4) is 0 Å². The Kier molecular flexibility index (Phi) is 5.78. The van der Waals surface area contributed by atoms with Gasteiger partial charge in [0, 0.05) is 17.0 Å². The van der Waals surface area contributed by atoms with Crippen LogP contribution in [0.4, 0.5) is 4.39 Å². The molecule has 6 nitrogen and oxygen atoms in total. The van der Waals surface area contributed by atoms with Crippen LogP contribution in [0, 0.1) is 12.7 Å². The minimum Gasteiger partial charge on any atom is -0.368 e. The molecule has 0 bridgehead atoms. The number of primary amides is 1. The van der Waals surface area contributed by atoms with Gasteiger partial charge >= 0.3 is 0 Å². The molecule has 0 aliphatic rings. The number of amides is 1. The van der Waals surface area contributed by atoms with Gasteiger partial charge in [-0.25, -0.2) is 4.39 Å². The Morgan fingerprint density at radius 1 is 1.63 bits per heavy atom. The molecule has 0 fully saturated rings. The quantitative estimate of drug-likeness (QED) is 0.340. The molecule has 0 spiro atoms. The van der Waals surface area contributed by atoms with Crippen LogP contribution in [0.25, 0.3) is 10.4 Å². The van der Waals surface area contributed by atoms with Gasteiger partial charge in [0.15, 0.2) is 0 Å². The highest BCUT2D eigenvalue weighted by atomic mass is 19.1. The first kappa shape index (κ1) is 14.9. The molecule has 1 rings (SSSR count). The van der Waals surface area contributed by atoms with Gasteiger partial charge in [-0.2, -0.15) is 0 Å². The summed E-state index contributed by atoms with van der Waals surface area (Å²) in [6.07, 6.45) is 0.543. The van der Waals surface area contributed by atoms with Gasteiger partial charge in [0.1, 0.15) is 11.9 Å². The van der Waals surface area contributed by atoms with Gasteiger partial charge in [-0.15, -0.1) is 0 Å². The monoisotopic (exact) mass is 265 g/mol. The molecule has 102 valence electrons. The number of rotatable bonds is 7. The highest BCUT2D eigenvalue weighted by Crippen LogP contribution is 2.18. The maximum absolute atomic E-state index is 13.7. The van der Waals surface area contributed by atoms with E-state index in [1.54, 1.807) is 12.1 Å². The lowest BCUT2D eigenvalue weighted by atomic mass is 10.0. The van der Waals surface area contributed by atoms with Crippen molar-refractivity contribution in [1.82, 2.24) is 5.32 Å². The summed E-state index contributed by atoms with van der Waals surface area (Å²) in [7, 11) is 0. The molecule has 0 saturated heterocycles. The smallest absolute Gasteiger partial charge is 0.239 e. The van der Waals surface area contributed by atoms with Gasteiger partial charge in [0.2, 0.25) is 5.91 Å².